The first-order valence-electron chi connectivity index (χ1n) is 9.32. The standard InChI is InChI=1S/C23H25NO2S/c1-2-3-10-20-15-17-23(18-16-20)27(25,26)24(22-13-8-5-9-14-22)19-21-11-6-4-7-12-21/h4-9,11-18H,2-3,10,19H2,1H3. The minimum Gasteiger partial charge on any atom is -0.262 e. The first-order chi connectivity index (χ1) is 13.1. The van der Waals surface area contributed by atoms with E-state index in [0.717, 1.165) is 24.8 Å². The van der Waals surface area contributed by atoms with Crippen LogP contribution in [0.2, 0.25) is 0 Å². The van der Waals surface area contributed by atoms with Crippen molar-refractivity contribution in [1.29, 1.82) is 0 Å². The molecule has 3 aromatic rings. The molecule has 0 bridgehead atoms. The third-order valence-electron chi connectivity index (χ3n) is 4.54. The average molecular weight is 380 g/mol. The summed E-state index contributed by atoms with van der Waals surface area (Å²) in [5.74, 6) is 0. The summed E-state index contributed by atoms with van der Waals surface area (Å²) < 4.78 is 28.3. The topological polar surface area (TPSA) is 37.4 Å². The summed E-state index contributed by atoms with van der Waals surface area (Å²) in [5, 5.41) is 0. The molecule has 4 heteroatoms. The average Bonchev–Trinajstić information content (AvgIpc) is 2.72. The van der Waals surface area contributed by atoms with Crippen molar-refractivity contribution < 1.29 is 8.42 Å². The molecule has 0 aliphatic heterocycles. The summed E-state index contributed by atoms with van der Waals surface area (Å²) in [4.78, 5) is 0.322. The summed E-state index contributed by atoms with van der Waals surface area (Å²) in [5.41, 5.74) is 2.78. The lowest BCUT2D eigenvalue weighted by molar-refractivity contribution is 0.590. The van der Waals surface area contributed by atoms with Gasteiger partial charge in [-0.25, -0.2) is 8.42 Å². The van der Waals surface area contributed by atoms with E-state index in [1.54, 1.807) is 12.1 Å². The van der Waals surface area contributed by atoms with Crippen molar-refractivity contribution in [3.8, 4) is 0 Å². The van der Waals surface area contributed by atoms with Crippen molar-refractivity contribution in [2.75, 3.05) is 4.31 Å². The molecule has 27 heavy (non-hydrogen) atoms. The molecular formula is C23H25NO2S. The van der Waals surface area contributed by atoms with E-state index in [1.165, 1.54) is 9.87 Å². The summed E-state index contributed by atoms with van der Waals surface area (Å²) in [6.45, 7) is 2.45. The van der Waals surface area contributed by atoms with Gasteiger partial charge in [-0.15, -0.1) is 0 Å². The van der Waals surface area contributed by atoms with E-state index in [1.807, 2.05) is 72.8 Å². The molecule has 0 aliphatic carbocycles. The van der Waals surface area contributed by atoms with Gasteiger partial charge in [0.2, 0.25) is 0 Å². The Morgan fingerprint density at radius 1 is 0.741 bits per heavy atom. The van der Waals surface area contributed by atoms with Crippen LogP contribution in [0.1, 0.15) is 30.9 Å². The Bertz CT molecular complexity index is 937. The highest BCUT2D eigenvalue weighted by Crippen LogP contribution is 2.26. The zero-order chi connectivity index (χ0) is 19.1. The molecule has 0 saturated carbocycles. The van der Waals surface area contributed by atoms with Crippen molar-refractivity contribution in [3.05, 3.63) is 96.1 Å². The fourth-order valence-corrected chi connectivity index (χ4v) is 4.45. The van der Waals surface area contributed by atoms with Gasteiger partial charge in [0.15, 0.2) is 0 Å². The van der Waals surface area contributed by atoms with Crippen LogP contribution in [-0.4, -0.2) is 8.42 Å². The van der Waals surface area contributed by atoms with Gasteiger partial charge in [0.25, 0.3) is 10.0 Å². The Morgan fingerprint density at radius 3 is 1.93 bits per heavy atom. The van der Waals surface area contributed by atoms with Gasteiger partial charge in [-0.1, -0.05) is 74.0 Å². The van der Waals surface area contributed by atoms with Crippen LogP contribution in [0.25, 0.3) is 0 Å². The molecule has 3 rings (SSSR count). The van der Waals surface area contributed by atoms with Crippen LogP contribution in [0.15, 0.2) is 89.8 Å². The Hall–Kier alpha value is -2.59. The van der Waals surface area contributed by atoms with Gasteiger partial charge in [-0.05, 0) is 48.2 Å². The summed E-state index contributed by atoms with van der Waals surface area (Å²) in [6, 6.07) is 26.2. The molecule has 0 radical (unpaired) electrons. The van der Waals surface area contributed by atoms with E-state index in [-0.39, 0.29) is 0 Å². The van der Waals surface area contributed by atoms with Crippen molar-refractivity contribution in [2.24, 2.45) is 0 Å². The quantitative estimate of drug-likeness (QED) is 0.524. The SMILES string of the molecule is CCCCc1ccc(S(=O)(=O)N(Cc2ccccc2)c2ccccc2)cc1. The van der Waals surface area contributed by atoms with Gasteiger partial charge in [0, 0.05) is 0 Å². The molecule has 0 aromatic heterocycles. The van der Waals surface area contributed by atoms with Gasteiger partial charge in [0.1, 0.15) is 0 Å². The minimum atomic E-state index is -3.66. The number of hydrogen-bond donors (Lipinski definition) is 0. The molecule has 0 saturated heterocycles. The van der Waals surface area contributed by atoms with E-state index in [0.29, 0.717) is 17.1 Å². The van der Waals surface area contributed by atoms with Gasteiger partial charge < -0.3 is 0 Å². The third-order valence-corrected chi connectivity index (χ3v) is 6.33. The number of anilines is 1. The highest BCUT2D eigenvalue weighted by Gasteiger charge is 2.25. The largest absolute Gasteiger partial charge is 0.264 e. The van der Waals surface area contributed by atoms with Crippen LogP contribution in [0.3, 0.4) is 0 Å². The smallest absolute Gasteiger partial charge is 0.262 e. The monoisotopic (exact) mass is 379 g/mol. The maximum absolute atomic E-state index is 13.4. The third kappa shape index (κ3) is 4.77. The van der Waals surface area contributed by atoms with Crippen LogP contribution in [0.4, 0.5) is 5.69 Å². The molecule has 0 N–H and O–H groups in total. The van der Waals surface area contributed by atoms with E-state index in [2.05, 4.69) is 6.92 Å². The zero-order valence-electron chi connectivity index (χ0n) is 15.6. The van der Waals surface area contributed by atoms with E-state index in [4.69, 9.17) is 0 Å². The number of sulfonamides is 1. The molecular weight excluding hydrogens is 354 g/mol. The van der Waals surface area contributed by atoms with Gasteiger partial charge in [0.05, 0.1) is 17.1 Å². The lowest BCUT2D eigenvalue weighted by Gasteiger charge is -2.25. The Balaban J connectivity index is 1.95. The van der Waals surface area contributed by atoms with Crippen molar-refractivity contribution >= 4 is 15.7 Å². The maximum atomic E-state index is 13.4. The maximum Gasteiger partial charge on any atom is 0.264 e. The molecule has 3 aromatic carbocycles. The highest BCUT2D eigenvalue weighted by atomic mass is 32.2. The van der Waals surface area contributed by atoms with Crippen molar-refractivity contribution in [2.45, 2.75) is 37.6 Å². The highest BCUT2D eigenvalue weighted by molar-refractivity contribution is 7.92. The van der Waals surface area contributed by atoms with Gasteiger partial charge >= 0.3 is 0 Å². The molecule has 0 spiro atoms. The number of benzene rings is 3. The lowest BCUT2D eigenvalue weighted by Crippen LogP contribution is -2.30. The second kappa shape index (κ2) is 8.87. The first kappa shape index (κ1) is 19.2. The van der Waals surface area contributed by atoms with Crippen molar-refractivity contribution in [3.63, 3.8) is 0 Å². The Morgan fingerprint density at radius 2 is 1.33 bits per heavy atom. The van der Waals surface area contributed by atoms with E-state index >= 15 is 0 Å². The van der Waals surface area contributed by atoms with Crippen LogP contribution in [-0.2, 0) is 23.0 Å². The van der Waals surface area contributed by atoms with Crippen molar-refractivity contribution in [1.82, 2.24) is 0 Å². The number of unbranched alkanes of at least 4 members (excludes halogenated alkanes) is 1. The van der Waals surface area contributed by atoms with Crippen LogP contribution >= 0.6 is 0 Å². The summed E-state index contributed by atoms with van der Waals surface area (Å²) >= 11 is 0. The second-order valence-electron chi connectivity index (χ2n) is 6.58. The number of para-hydroxylation sites is 1. The van der Waals surface area contributed by atoms with Gasteiger partial charge in [-0.3, -0.25) is 4.31 Å². The number of aryl methyl sites for hydroxylation is 1. The fraction of sp³-hybridized carbons (Fsp3) is 0.217. The predicted molar refractivity (Wildman–Crippen MR) is 111 cm³/mol. The van der Waals surface area contributed by atoms with E-state index < -0.39 is 10.0 Å². The normalized spacial score (nSPS) is 11.3. The molecule has 3 nitrogen and oxygen atoms in total. The summed E-state index contributed by atoms with van der Waals surface area (Å²) in [7, 11) is -3.66. The first-order valence-corrected chi connectivity index (χ1v) is 10.8. The predicted octanol–water partition coefficient (Wildman–Crippen LogP) is 5.42. The molecule has 0 unspecified atom stereocenters. The minimum absolute atomic E-state index is 0.296. The number of nitrogens with zero attached hydrogens (tertiary/aromatic N) is 1. The molecule has 0 aliphatic rings. The number of rotatable bonds is 8. The Labute approximate surface area is 162 Å². The van der Waals surface area contributed by atoms with E-state index in [9.17, 15) is 8.42 Å². The van der Waals surface area contributed by atoms with Crippen LogP contribution < -0.4 is 4.31 Å². The van der Waals surface area contributed by atoms with Gasteiger partial charge in [-0.2, -0.15) is 0 Å². The molecule has 0 amide bonds. The van der Waals surface area contributed by atoms with Crippen LogP contribution in [0.5, 0.6) is 0 Å². The lowest BCUT2D eigenvalue weighted by atomic mass is 10.1. The second-order valence-corrected chi connectivity index (χ2v) is 8.44. The summed E-state index contributed by atoms with van der Waals surface area (Å²) in [6.07, 6.45) is 3.21. The van der Waals surface area contributed by atoms with Crippen LogP contribution in [0, 0.1) is 0 Å². The fourth-order valence-electron chi connectivity index (χ4n) is 2.99. The molecule has 0 fully saturated rings. The zero-order valence-corrected chi connectivity index (χ0v) is 16.4. The Kier molecular flexibility index (Phi) is 6.30. The molecule has 0 heterocycles. The molecule has 0 atom stereocenters. The molecule has 140 valence electrons. The number of hydrogen-bond acceptors (Lipinski definition) is 2.